The molecule has 5 nitrogen and oxygen atoms in total. The van der Waals surface area contributed by atoms with Gasteiger partial charge in [-0.3, -0.25) is 4.79 Å². The molecule has 23 heavy (non-hydrogen) atoms. The standard InChI is InChI=1S/C17H18FN3O2/c1-21(2)15-8-6-13(7-9-15)11-19-20-17(22)12-23-16-5-3-4-14(18)10-16/h3-11H,12H2,1-2H3,(H,20,22)/b19-11-. The van der Waals surface area contributed by atoms with Gasteiger partial charge in [-0.25, -0.2) is 9.82 Å². The summed E-state index contributed by atoms with van der Waals surface area (Å²) in [6, 6.07) is 13.3. The van der Waals surface area contributed by atoms with Gasteiger partial charge in [-0.2, -0.15) is 5.10 Å². The van der Waals surface area contributed by atoms with E-state index in [0.717, 1.165) is 11.3 Å². The highest BCUT2D eigenvalue weighted by molar-refractivity contribution is 5.83. The number of rotatable bonds is 6. The van der Waals surface area contributed by atoms with E-state index < -0.39 is 11.7 Å². The van der Waals surface area contributed by atoms with E-state index in [2.05, 4.69) is 10.5 Å². The highest BCUT2D eigenvalue weighted by Crippen LogP contribution is 2.12. The number of nitrogens with one attached hydrogen (secondary N) is 1. The van der Waals surface area contributed by atoms with Crippen molar-refractivity contribution >= 4 is 17.8 Å². The molecule has 0 fully saturated rings. The van der Waals surface area contributed by atoms with Gasteiger partial charge >= 0.3 is 0 Å². The lowest BCUT2D eigenvalue weighted by Crippen LogP contribution is -2.24. The maximum atomic E-state index is 13.0. The molecular formula is C17H18FN3O2. The minimum Gasteiger partial charge on any atom is -0.484 e. The van der Waals surface area contributed by atoms with Gasteiger partial charge in [-0.1, -0.05) is 18.2 Å². The van der Waals surface area contributed by atoms with Crippen molar-refractivity contribution in [1.29, 1.82) is 0 Å². The molecule has 2 aromatic carbocycles. The molecule has 0 heterocycles. The van der Waals surface area contributed by atoms with Crippen LogP contribution in [0.3, 0.4) is 0 Å². The molecule has 0 atom stereocenters. The molecule has 2 rings (SSSR count). The zero-order valence-electron chi connectivity index (χ0n) is 13.0. The van der Waals surface area contributed by atoms with Crippen LogP contribution in [0.1, 0.15) is 5.56 Å². The molecule has 120 valence electrons. The summed E-state index contributed by atoms with van der Waals surface area (Å²) in [7, 11) is 3.92. The van der Waals surface area contributed by atoms with Crippen molar-refractivity contribution in [3.8, 4) is 5.75 Å². The molecule has 1 N–H and O–H groups in total. The molecule has 1 amide bonds. The summed E-state index contributed by atoms with van der Waals surface area (Å²) in [6.45, 7) is -0.236. The van der Waals surface area contributed by atoms with Gasteiger partial charge in [-0.05, 0) is 29.8 Å². The Morgan fingerprint density at radius 1 is 1.26 bits per heavy atom. The molecule has 0 aliphatic rings. The quantitative estimate of drug-likeness (QED) is 0.658. The normalized spacial score (nSPS) is 10.6. The second-order valence-corrected chi connectivity index (χ2v) is 5.03. The van der Waals surface area contributed by atoms with E-state index in [1.165, 1.54) is 18.2 Å². The zero-order chi connectivity index (χ0) is 16.7. The number of ether oxygens (including phenoxy) is 1. The summed E-state index contributed by atoms with van der Waals surface area (Å²) in [5.41, 5.74) is 4.30. The van der Waals surface area contributed by atoms with Crippen LogP contribution in [-0.2, 0) is 4.79 Å². The minimum absolute atomic E-state index is 0.236. The molecule has 0 radical (unpaired) electrons. The Morgan fingerprint density at radius 3 is 2.65 bits per heavy atom. The van der Waals surface area contributed by atoms with Gasteiger partial charge in [0.15, 0.2) is 6.61 Å². The van der Waals surface area contributed by atoms with Crippen LogP contribution in [0, 0.1) is 5.82 Å². The van der Waals surface area contributed by atoms with E-state index in [0.29, 0.717) is 5.75 Å². The molecule has 2 aromatic rings. The minimum atomic E-state index is -0.421. The van der Waals surface area contributed by atoms with Crippen molar-refractivity contribution in [2.75, 3.05) is 25.6 Å². The van der Waals surface area contributed by atoms with E-state index in [-0.39, 0.29) is 6.61 Å². The lowest BCUT2D eigenvalue weighted by molar-refractivity contribution is -0.123. The average molecular weight is 315 g/mol. The van der Waals surface area contributed by atoms with Gasteiger partial charge in [0.05, 0.1) is 6.21 Å². The van der Waals surface area contributed by atoms with Gasteiger partial charge in [0.25, 0.3) is 5.91 Å². The molecule has 0 unspecified atom stereocenters. The Labute approximate surface area is 134 Å². The predicted octanol–water partition coefficient (Wildman–Crippen LogP) is 2.42. The topological polar surface area (TPSA) is 53.9 Å². The summed E-state index contributed by atoms with van der Waals surface area (Å²) in [5.74, 6) is -0.541. The van der Waals surface area contributed by atoms with Crippen molar-refractivity contribution in [3.05, 3.63) is 59.9 Å². The maximum Gasteiger partial charge on any atom is 0.277 e. The molecule has 0 aromatic heterocycles. The molecule has 0 spiro atoms. The number of hydrogen-bond donors (Lipinski definition) is 1. The highest BCUT2D eigenvalue weighted by Gasteiger charge is 2.02. The van der Waals surface area contributed by atoms with Crippen LogP contribution in [0.4, 0.5) is 10.1 Å². The summed E-state index contributed by atoms with van der Waals surface area (Å²) in [4.78, 5) is 13.6. The summed E-state index contributed by atoms with van der Waals surface area (Å²) in [6.07, 6.45) is 1.54. The molecule has 0 saturated heterocycles. The second kappa shape index (κ2) is 7.93. The number of benzene rings is 2. The number of anilines is 1. The number of nitrogens with zero attached hydrogens (tertiary/aromatic N) is 2. The van der Waals surface area contributed by atoms with Crippen molar-refractivity contribution in [3.63, 3.8) is 0 Å². The second-order valence-electron chi connectivity index (χ2n) is 5.03. The van der Waals surface area contributed by atoms with E-state index >= 15 is 0 Å². The van der Waals surface area contributed by atoms with E-state index in [1.54, 1.807) is 12.3 Å². The highest BCUT2D eigenvalue weighted by atomic mass is 19.1. The first-order chi connectivity index (χ1) is 11.0. The van der Waals surface area contributed by atoms with E-state index in [9.17, 15) is 9.18 Å². The smallest absolute Gasteiger partial charge is 0.277 e. The van der Waals surface area contributed by atoms with E-state index in [4.69, 9.17) is 4.74 Å². The average Bonchev–Trinajstić information content (AvgIpc) is 2.53. The number of halogens is 1. The first kappa shape index (κ1) is 16.5. The van der Waals surface area contributed by atoms with Crippen molar-refractivity contribution in [2.45, 2.75) is 0 Å². The number of amides is 1. The summed E-state index contributed by atoms with van der Waals surface area (Å²) < 4.78 is 18.1. The largest absolute Gasteiger partial charge is 0.484 e. The molecular weight excluding hydrogens is 297 g/mol. The zero-order valence-corrected chi connectivity index (χ0v) is 13.0. The van der Waals surface area contributed by atoms with Gasteiger partial charge in [0, 0.05) is 25.8 Å². The lowest BCUT2D eigenvalue weighted by Gasteiger charge is -2.11. The fraction of sp³-hybridized carbons (Fsp3) is 0.176. The van der Waals surface area contributed by atoms with Crippen LogP contribution in [-0.4, -0.2) is 32.8 Å². The molecule has 0 aliphatic carbocycles. The van der Waals surface area contributed by atoms with Crippen molar-refractivity contribution in [2.24, 2.45) is 5.10 Å². The maximum absolute atomic E-state index is 13.0. The molecule has 0 saturated carbocycles. The third kappa shape index (κ3) is 5.43. The Bertz CT molecular complexity index is 684. The van der Waals surface area contributed by atoms with Crippen molar-refractivity contribution < 1.29 is 13.9 Å². The van der Waals surface area contributed by atoms with Crippen molar-refractivity contribution in [1.82, 2.24) is 5.43 Å². The van der Waals surface area contributed by atoms with Crippen LogP contribution in [0.25, 0.3) is 0 Å². The molecule has 6 heteroatoms. The molecule has 0 aliphatic heterocycles. The van der Waals surface area contributed by atoms with Crippen LogP contribution in [0.5, 0.6) is 5.75 Å². The number of carbonyl (C=O) groups is 1. The monoisotopic (exact) mass is 315 g/mol. The Morgan fingerprint density at radius 2 is 2.00 bits per heavy atom. The molecule has 0 bridgehead atoms. The van der Waals surface area contributed by atoms with Crippen LogP contribution >= 0.6 is 0 Å². The number of carbonyl (C=O) groups excluding carboxylic acids is 1. The van der Waals surface area contributed by atoms with E-state index in [1.807, 2.05) is 43.3 Å². The Kier molecular flexibility index (Phi) is 5.68. The van der Waals surface area contributed by atoms with Gasteiger partial charge in [0.1, 0.15) is 11.6 Å². The van der Waals surface area contributed by atoms with Crippen LogP contribution < -0.4 is 15.1 Å². The fourth-order valence-electron chi connectivity index (χ4n) is 1.78. The first-order valence-corrected chi connectivity index (χ1v) is 7.02. The SMILES string of the molecule is CN(C)c1ccc(/C=N\NC(=O)COc2cccc(F)c2)cc1. The Hall–Kier alpha value is -2.89. The van der Waals surface area contributed by atoms with Crippen LogP contribution in [0.15, 0.2) is 53.6 Å². The summed E-state index contributed by atoms with van der Waals surface area (Å²) >= 11 is 0. The first-order valence-electron chi connectivity index (χ1n) is 7.02. The van der Waals surface area contributed by atoms with Crippen LogP contribution in [0.2, 0.25) is 0 Å². The van der Waals surface area contributed by atoms with Gasteiger partial charge in [0.2, 0.25) is 0 Å². The predicted molar refractivity (Wildman–Crippen MR) is 88.4 cm³/mol. The fourth-order valence-corrected chi connectivity index (χ4v) is 1.78. The summed E-state index contributed by atoms with van der Waals surface area (Å²) in [5, 5.41) is 3.85. The van der Waals surface area contributed by atoms with Gasteiger partial charge in [-0.15, -0.1) is 0 Å². The lowest BCUT2D eigenvalue weighted by atomic mass is 10.2. The number of hydrazone groups is 1. The number of hydrogen-bond acceptors (Lipinski definition) is 4. The third-order valence-corrected chi connectivity index (χ3v) is 2.98. The van der Waals surface area contributed by atoms with Gasteiger partial charge < -0.3 is 9.64 Å². The Balaban J connectivity index is 1.79. The third-order valence-electron chi connectivity index (χ3n) is 2.98.